The maximum atomic E-state index is 13.1. The molecule has 148 valence electrons. The lowest BCUT2D eigenvalue weighted by Gasteiger charge is -2.06. The first-order chi connectivity index (χ1) is 14.6. The van der Waals surface area contributed by atoms with E-state index in [0.717, 1.165) is 38.1 Å². The van der Waals surface area contributed by atoms with E-state index in [1.54, 1.807) is 18.0 Å². The Morgan fingerprint density at radius 1 is 1.13 bits per heavy atom. The second-order valence-corrected chi connectivity index (χ2v) is 7.89. The molecule has 0 saturated heterocycles. The number of aliphatic imine (C=N–C) groups is 1. The van der Waals surface area contributed by atoms with Crippen molar-refractivity contribution in [1.82, 2.24) is 14.8 Å². The van der Waals surface area contributed by atoms with Gasteiger partial charge in [0.25, 0.3) is 5.56 Å². The number of H-pyrrole nitrogens is 1. The van der Waals surface area contributed by atoms with E-state index >= 15 is 0 Å². The molecular formula is C23H18N4O2S. The second-order valence-electron chi connectivity index (χ2n) is 6.88. The fourth-order valence-corrected chi connectivity index (χ4v) is 4.32. The van der Waals surface area contributed by atoms with E-state index in [1.807, 2.05) is 67.6 Å². The molecule has 6 nitrogen and oxygen atoms in total. The fraction of sp³-hybridized carbons (Fsp3) is 0.0870. The predicted molar refractivity (Wildman–Crippen MR) is 122 cm³/mol. The molecule has 2 aromatic heterocycles. The molecule has 3 aromatic carbocycles. The molecule has 7 heteroatoms. The number of hydrogen-bond donors (Lipinski definition) is 1. The summed E-state index contributed by atoms with van der Waals surface area (Å²) in [6.07, 6.45) is 1.59. The van der Waals surface area contributed by atoms with Crippen LogP contribution in [0.1, 0.15) is 11.3 Å². The van der Waals surface area contributed by atoms with Gasteiger partial charge in [-0.05, 0) is 36.6 Å². The van der Waals surface area contributed by atoms with Crippen LogP contribution in [0, 0.1) is 6.92 Å². The highest BCUT2D eigenvalue weighted by Gasteiger charge is 2.13. The zero-order valence-electron chi connectivity index (χ0n) is 16.4. The first-order valence-corrected chi connectivity index (χ1v) is 10.2. The number of ether oxygens (including phenoxy) is 1. The molecule has 0 aliphatic rings. The topological polar surface area (TPSA) is 72.3 Å². The van der Waals surface area contributed by atoms with Gasteiger partial charge in [0.1, 0.15) is 5.75 Å². The number of fused-ring (bicyclic) bond motifs is 2. The van der Waals surface area contributed by atoms with Crippen LogP contribution in [-0.2, 0) is 0 Å². The summed E-state index contributed by atoms with van der Waals surface area (Å²) in [5, 5.41) is 5.86. The van der Waals surface area contributed by atoms with Gasteiger partial charge < -0.3 is 4.74 Å². The summed E-state index contributed by atoms with van der Waals surface area (Å²) in [7, 11) is 1.64. The molecule has 0 fully saturated rings. The van der Waals surface area contributed by atoms with E-state index < -0.39 is 0 Å². The van der Waals surface area contributed by atoms with Crippen molar-refractivity contribution in [3.63, 3.8) is 0 Å². The van der Waals surface area contributed by atoms with Gasteiger partial charge in [-0.3, -0.25) is 9.89 Å². The number of thiazole rings is 1. The van der Waals surface area contributed by atoms with Gasteiger partial charge in [0.15, 0.2) is 0 Å². The average Bonchev–Trinajstić information content (AvgIpc) is 3.31. The van der Waals surface area contributed by atoms with Crippen molar-refractivity contribution in [3.8, 4) is 11.4 Å². The zero-order chi connectivity index (χ0) is 20.7. The molecule has 0 aliphatic heterocycles. The Morgan fingerprint density at radius 2 is 1.97 bits per heavy atom. The average molecular weight is 414 g/mol. The Hall–Kier alpha value is -3.71. The van der Waals surface area contributed by atoms with Crippen LogP contribution in [-0.4, -0.2) is 28.1 Å². The third-order valence-electron chi connectivity index (χ3n) is 5.01. The Kier molecular flexibility index (Phi) is 4.44. The van der Waals surface area contributed by atoms with Gasteiger partial charge in [-0.25, -0.2) is 14.7 Å². The number of aryl methyl sites for hydroxylation is 1. The number of nitrogens with zero attached hydrogens (tertiary/aromatic N) is 3. The van der Waals surface area contributed by atoms with E-state index in [1.165, 1.54) is 11.3 Å². The van der Waals surface area contributed by atoms with Gasteiger partial charge in [0, 0.05) is 17.3 Å². The number of nitrogens with one attached hydrogen (secondary N) is 1. The molecule has 1 N–H and O–H groups in total. The molecular weight excluding hydrogens is 396 g/mol. The van der Waals surface area contributed by atoms with Crippen LogP contribution >= 0.6 is 11.3 Å². The standard InChI is InChI=1S/C23H18N4O2S/c1-14-18(13-24-23-25-19-11-10-16(29-2)12-21(19)30-23)22(28)27(26-14)20-9-5-7-15-6-3-4-8-17(15)20/h3-13,26H,1-2H3/b24-13+. The number of benzene rings is 3. The summed E-state index contributed by atoms with van der Waals surface area (Å²) in [4.78, 5) is 22.1. The monoisotopic (exact) mass is 414 g/mol. The number of rotatable bonds is 4. The summed E-state index contributed by atoms with van der Waals surface area (Å²) < 4.78 is 7.82. The Morgan fingerprint density at radius 3 is 2.83 bits per heavy atom. The van der Waals surface area contributed by atoms with Gasteiger partial charge in [-0.2, -0.15) is 0 Å². The van der Waals surface area contributed by atoms with Crippen LogP contribution < -0.4 is 10.3 Å². The van der Waals surface area contributed by atoms with Gasteiger partial charge in [0.05, 0.1) is 28.6 Å². The van der Waals surface area contributed by atoms with Crippen molar-refractivity contribution >= 4 is 43.7 Å². The summed E-state index contributed by atoms with van der Waals surface area (Å²) >= 11 is 1.45. The maximum absolute atomic E-state index is 13.1. The van der Waals surface area contributed by atoms with Crippen LogP contribution in [0.5, 0.6) is 5.75 Å². The lowest BCUT2D eigenvalue weighted by Crippen LogP contribution is -2.17. The molecule has 30 heavy (non-hydrogen) atoms. The largest absolute Gasteiger partial charge is 0.497 e. The minimum atomic E-state index is -0.143. The highest BCUT2D eigenvalue weighted by Crippen LogP contribution is 2.30. The normalized spacial score (nSPS) is 11.7. The third-order valence-corrected chi connectivity index (χ3v) is 5.94. The quantitative estimate of drug-likeness (QED) is 0.421. The van der Waals surface area contributed by atoms with Crippen LogP contribution in [0.15, 0.2) is 70.5 Å². The minimum absolute atomic E-state index is 0.143. The van der Waals surface area contributed by atoms with Gasteiger partial charge in [-0.1, -0.05) is 47.7 Å². The SMILES string of the molecule is COc1ccc2nc(/N=C/c3c(C)[nH]n(-c4cccc5ccccc45)c3=O)sc2c1. The third kappa shape index (κ3) is 3.09. The lowest BCUT2D eigenvalue weighted by atomic mass is 10.1. The first kappa shape index (κ1) is 18.3. The van der Waals surface area contributed by atoms with Crippen molar-refractivity contribution in [3.05, 3.63) is 82.3 Å². The van der Waals surface area contributed by atoms with Gasteiger partial charge in [-0.15, -0.1) is 0 Å². The lowest BCUT2D eigenvalue weighted by molar-refractivity contribution is 0.415. The Bertz CT molecular complexity index is 1470. The molecule has 0 bridgehead atoms. The molecule has 5 rings (SSSR count). The first-order valence-electron chi connectivity index (χ1n) is 9.42. The smallest absolute Gasteiger partial charge is 0.280 e. The number of aromatic nitrogens is 3. The Labute approximate surface area is 176 Å². The van der Waals surface area contributed by atoms with Gasteiger partial charge >= 0.3 is 0 Å². The highest BCUT2D eigenvalue weighted by molar-refractivity contribution is 7.22. The zero-order valence-corrected chi connectivity index (χ0v) is 17.2. The number of methoxy groups -OCH3 is 1. The fourth-order valence-electron chi connectivity index (χ4n) is 3.48. The van der Waals surface area contributed by atoms with Crippen LogP contribution in [0.25, 0.3) is 26.7 Å². The Balaban J connectivity index is 1.55. The highest BCUT2D eigenvalue weighted by atomic mass is 32.1. The maximum Gasteiger partial charge on any atom is 0.280 e. The minimum Gasteiger partial charge on any atom is -0.497 e. The number of hydrogen-bond acceptors (Lipinski definition) is 5. The summed E-state index contributed by atoms with van der Waals surface area (Å²) in [6.45, 7) is 1.87. The van der Waals surface area contributed by atoms with E-state index in [0.29, 0.717) is 10.7 Å². The summed E-state index contributed by atoms with van der Waals surface area (Å²) in [6, 6.07) is 19.6. The van der Waals surface area contributed by atoms with Crippen LogP contribution in [0.2, 0.25) is 0 Å². The van der Waals surface area contributed by atoms with Crippen LogP contribution in [0.3, 0.4) is 0 Å². The van der Waals surface area contributed by atoms with Crippen molar-refractivity contribution in [1.29, 1.82) is 0 Å². The summed E-state index contributed by atoms with van der Waals surface area (Å²) in [5.41, 5.74) is 2.79. The molecule has 0 aliphatic carbocycles. The summed E-state index contributed by atoms with van der Waals surface area (Å²) in [5.74, 6) is 0.779. The van der Waals surface area contributed by atoms with Crippen molar-refractivity contribution in [2.75, 3.05) is 7.11 Å². The van der Waals surface area contributed by atoms with Gasteiger partial charge in [0.2, 0.25) is 5.13 Å². The van der Waals surface area contributed by atoms with E-state index in [4.69, 9.17) is 4.74 Å². The van der Waals surface area contributed by atoms with E-state index in [-0.39, 0.29) is 5.56 Å². The molecule has 0 amide bonds. The molecule has 0 saturated carbocycles. The molecule has 2 heterocycles. The molecule has 0 atom stereocenters. The van der Waals surface area contributed by atoms with Crippen molar-refractivity contribution in [2.45, 2.75) is 6.92 Å². The van der Waals surface area contributed by atoms with Crippen LogP contribution in [0.4, 0.5) is 5.13 Å². The van der Waals surface area contributed by atoms with E-state index in [9.17, 15) is 4.79 Å². The predicted octanol–water partition coefficient (Wildman–Crippen LogP) is 5.00. The van der Waals surface area contributed by atoms with Crippen molar-refractivity contribution < 1.29 is 4.74 Å². The molecule has 0 spiro atoms. The second kappa shape index (κ2) is 7.27. The molecule has 5 aromatic rings. The number of aromatic amines is 1. The van der Waals surface area contributed by atoms with E-state index in [2.05, 4.69) is 15.1 Å². The molecule has 0 unspecified atom stereocenters. The van der Waals surface area contributed by atoms with Crippen molar-refractivity contribution in [2.24, 2.45) is 4.99 Å². The molecule has 0 radical (unpaired) electrons.